The van der Waals surface area contributed by atoms with Crippen LogP contribution in [-0.2, 0) is 9.53 Å². The average Bonchev–Trinajstić information content (AvgIpc) is 2.36. The molecule has 0 aromatic heterocycles. The van der Waals surface area contributed by atoms with Crippen LogP contribution in [0.3, 0.4) is 0 Å². The van der Waals surface area contributed by atoms with Crippen molar-refractivity contribution >= 4 is 17.8 Å². The van der Waals surface area contributed by atoms with Gasteiger partial charge in [0.05, 0.1) is 13.0 Å². The molecule has 0 bridgehead atoms. The van der Waals surface area contributed by atoms with Crippen molar-refractivity contribution in [2.45, 2.75) is 13.3 Å². The maximum Gasteiger partial charge on any atom is 0.417 e. The molecule has 88 valence electrons. The molecule has 0 atom stereocenters. The molecule has 4 heteroatoms. The van der Waals surface area contributed by atoms with Crippen molar-refractivity contribution in [2.75, 3.05) is 6.61 Å². The molecule has 0 saturated heterocycles. The highest BCUT2D eigenvalue weighted by Gasteiger charge is 2.19. The first kappa shape index (κ1) is 12.9. The van der Waals surface area contributed by atoms with Crippen molar-refractivity contribution in [3.05, 3.63) is 47.5 Å². The van der Waals surface area contributed by atoms with Gasteiger partial charge in [-0.3, -0.25) is 0 Å². The predicted octanol–water partition coefficient (Wildman–Crippen LogP) is 2.32. The fourth-order valence-electron chi connectivity index (χ4n) is 1.25. The number of carbonyl (C=O) groups is 1. The van der Waals surface area contributed by atoms with Gasteiger partial charge in [0.2, 0.25) is 0 Å². The Balaban J connectivity index is 2.58. The molecule has 0 heterocycles. The minimum atomic E-state index is -0.590. The second-order valence-corrected chi connectivity index (χ2v) is 3.28. The molecule has 0 fully saturated rings. The Morgan fingerprint density at radius 1 is 1.41 bits per heavy atom. The average molecular weight is 230 g/mol. The molecule has 0 unspecified atom stereocenters. The lowest BCUT2D eigenvalue weighted by atomic mass is 10.2. The fraction of sp³-hybridized carbons (Fsp3) is 0.231. The minimum absolute atomic E-state index is 0.000897. The molecule has 0 aliphatic rings. The summed E-state index contributed by atoms with van der Waals surface area (Å²) in [5, 5.41) is 0. The molecule has 0 N–H and O–H groups in total. The number of esters is 1. The summed E-state index contributed by atoms with van der Waals surface area (Å²) >= 11 is 0. The first-order valence-corrected chi connectivity index (χ1v) is 5.37. The standard InChI is InChI=1S/C13H14N2O2/c1-2-17-13(16)12(15-14)10-6-9-11-7-4-3-5-8-11/h3-9H,2,10H2,1H3/b9-6+. The van der Waals surface area contributed by atoms with Gasteiger partial charge in [0.1, 0.15) is 0 Å². The number of nitrogens with zero attached hydrogens (tertiary/aromatic N) is 2. The quantitative estimate of drug-likeness (QED) is 0.337. The fourth-order valence-corrected chi connectivity index (χ4v) is 1.25. The van der Waals surface area contributed by atoms with Crippen LogP contribution in [0.4, 0.5) is 0 Å². The number of hydrogen-bond acceptors (Lipinski definition) is 2. The van der Waals surface area contributed by atoms with E-state index in [0.29, 0.717) is 0 Å². The van der Waals surface area contributed by atoms with E-state index in [0.717, 1.165) is 5.56 Å². The van der Waals surface area contributed by atoms with Crippen LogP contribution < -0.4 is 0 Å². The number of rotatable bonds is 5. The monoisotopic (exact) mass is 230 g/mol. The predicted molar refractivity (Wildman–Crippen MR) is 65.4 cm³/mol. The molecule has 0 amide bonds. The highest BCUT2D eigenvalue weighted by Crippen LogP contribution is 2.02. The number of carbonyl (C=O) groups excluding carboxylic acids is 1. The van der Waals surface area contributed by atoms with Crippen molar-refractivity contribution in [2.24, 2.45) is 0 Å². The molecular weight excluding hydrogens is 216 g/mol. The second-order valence-electron chi connectivity index (χ2n) is 3.28. The summed E-state index contributed by atoms with van der Waals surface area (Å²) < 4.78 is 4.73. The largest absolute Gasteiger partial charge is 0.457 e. The van der Waals surface area contributed by atoms with Crippen molar-refractivity contribution in [1.82, 2.24) is 0 Å². The van der Waals surface area contributed by atoms with Crippen LogP contribution in [0.1, 0.15) is 18.9 Å². The highest BCUT2D eigenvalue weighted by atomic mass is 16.5. The van der Waals surface area contributed by atoms with Gasteiger partial charge in [0, 0.05) is 0 Å². The van der Waals surface area contributed by atoms with E-state index in [-0.39, 0.29) is 18.7 Å². The Morgan fingerprint density at radius 2 is 2.12 bits per heavy atom. The molecule has 1 rings (SSSR count). The number of hydrogen-bond donors (Lipinski definition) is 0. The molecule has 0 saturated carbocycles. The molecular formula is C13H14N2O2. The van der Waals surface area contributed by atoms with Crippen LogP contribution in [0.15, 0.2) is 36.4 Å². The van der Waals surface area contributed by atoms with E-state index in [1.54, 1.807) is 13.0 Å². The van der Waals surface area contributed by atoms with E-state index in [9.17, 15) is 4.79 Å². The van der Waals surface area contributed by atoms with Crippen LogP contribution in [0.2, 0.25) is 0 Å². The van der Waals surface area contributed by atoms with Gasteiger partial charge in [-0.1, -0.05) is 42.5 Å². The van der Waals surface area contributed by atoms with Gasteiger partial charge in [0.25, 0.3) is 0 Å². The minimum Gasteiger partial charge on any atom is -0.457 e. The lowest BCUT2D eigenvalue weighted by Crippen LogP contribution is -2.17. The zero-order valence-corrected chi connectivity index (χ0v) is 9.67. The Hall–Kier alpha value is -2.19. The summed E-state index contributed by atoms with van der Waals surface area (Å²) in [4.78, 5) is 14.2. The third-order valence-electron chi connectivity index (χ3n) is 2.05. The number of benzene rings is 1. The number of allylic oxidation sites excluding steroid dienone is 1. The first-order chi connectivity index (χ1) is 8.27. The Bertz CT molecular complexity index is 446. The summed E-state index contributed by atoms with van der Waals surface area (Å²) in [6, 6.07) is 9.65. The van der Waals surface area contributed by atoms with E-state index in [2.05, 4.69) is 4.79 Å². The van der Waals surface area contributed by atoms with Gasteiger partial charge < -0.3 is 10.3 Å². The zero-order valence-electron chi connectivity index (χ0n) is 9.67. The molecule has 1 aromatic carbocycles. The third-order valence-corrected chi connectivity index (χ3v) is 2.05. The molecule has 0 aliphatic carbocycles. The van der Waals surface area contributed by atoms with Crippen molar-refractivity contribution in [3.63, 3.8) is 0 Å². The van der Waals surface area contributed by atoms with E-state index in [4.69, 9.17) is 10.3 Å². The molecule has 0 radical (unpaired) electrons. The summed E-state index contributed by atoms with van der Waals surface area (Å²) in [5.41, 5.74) is 9.69. The first-order valence-electron chi connectivity index (χ1n) is 5.37. The van der Waals surface area contributed by atoms with Crippen LogP contribution in [0.25, 0.3) is 11.6 Å². The van der Waals surface area contributed by atoms with Gasteiger partial charge in [-0.25, -0.2) is 4.79 Å². The van der Waals surface area contributed by atoms with Gasteiger partial charge in [-0.15, -0.1) is 0 Å². The summed E-state index contributed by atoms with van der Waals surface area (Å²) in [6.45, 7) is 1.97. The lowest BCUT2D eigenvalue weighted by molar-refractivity contribution is -0.140. The second kappa shape index (κ2) is 7.14. The Kier molecular flexibility index (Phi) is 5.41. The van der Waals surface area contributed by atoms with Gasteiger partial charge in [-0.2, -0.15) is 4.79 Å². The molecule has 1 aromatic rings. The number of ether oxygens (including phenoxy) is 1. The summed E-state index contributed by atoms with van der Waals surface area (Å²) in [5.74, 6) is -0.590. The SMILES string of the molecule is CCOC(=O)C(C/C=C/c1ccccc1)=[N+]=[N-]. The van der Waals surface area contributed by atoms with Crippen molar-refractivity contribution < 1.29 is 14.3 Å². The van der Waals surface area contributed by atoms with Crippen molar-refractivity contribution in [3.8, 4) is 0 Å². The summed E-state index contributed by atoms with van der Waals surface area (Å²) in [6.07, 6.45) is 3.84. The van der Waals surface area contributed by atoms with Crippen LogP contribution >= 0.6 is 0 Å². The third kappa shape index (κ3) is 4.45. The van der Waals surface area contributed by atoms with Gasteiger partial charge in [0.15, 0.2) is 0 Å². The van der Waals surface area contributed by atoms with Gasteiger partial charge >= 0.3 is 11.7 Å². The molecule has 0 spiro atoms. The van der Waals surface area contributed by atoms with Gasteiger partial charge in [-0.05, 0) is 12.5 Å². The zero-order chi connectivity index (χ0) is 12.5. The maximum atomic E-state index is 11.3. The van der Waals surface area contributed by atoms with Crippen LogP contribution in [0.5, 0.6) is 0 Å². The molecule has 17 heavy (non-hydrogen) atoms. The normalized spacial score (nSPS) is 9.94. The van der Waals surface area contributed by atoms with E-state index in [1.807, 2.05) is 36.4 Å². The smallest absolute Gasteiger partial charge is 0.417 e. The molecule has 0 aliphatic heterocycles. The Morgan fingerprint density at radius 3 is 2.71 bits per heavy atom. The van der Waals surface area contributed by atoms with Crippen LogP contribution in [0, 0.1) is 0 Å². The van der Waals surface area contributed by atoms with E-state index in [1.165, 1.54) is 0 Å². The lowest BCUT2D eigenvalue weighted by Gasteiger charge is -1.94. The summed E-state index contributed by atoms with van der Waals surface area (Å²) in [7, 11) is 0. The highest BCUT2D eigenvalue weighted by molar-refractivity contribution is 6.34. The maximum absolute atomic E-state index is 11.3. The van der Waals surface area contributed by atoms with Crippen molar-refractivity contribution in [1.29, 1.82) is 0 Å². The Labute approximate surface area is 100 Å². The van der Waals surface area contributed by atoms with Crippen LogP contribution in [-0.4, -0.2) is 23.1 Å². The topological polar surface area (TPSA) is 62.7 Å². The van der Waals surface area contributed by atoms with E-state index < -0.39 is 5.97 Å². The molecule has 4 nitrogen and oxygen atoms in total. The van der Waals surface area contributed by atoms with E-state index >= 15 is 0 Å².